The molecule has 0 radical (unpaired) electrons. The second-order valence-corrected chi connectivity index (χ2v) is 5.09. The lowest BCUT2D eigenvalue weighted by atomic mass is 10.0. The van der Waals surface area contributed by atoms with Gasteiger partial charge in [-0.3, -0.25) is 0 Å². The second-order valence-electron chi connectivity index (χ2n) is 5.09. The molecule has 0 nitrogen and oxygen atoms in total. The third-order valence-corrected chi connectivity index (χ3v) is 3.50. The SMILES string of the molecule is CCC(C)CC.CCCc1ccc(C)c(C)c1. The van der Waals surface area contributed by atoms with Gasteiger partial charge < -0.3 is 0 Å². The molecule has 1 rings (SSSR count). The minimum Gasteiger partial charge on any atom is -0.0651 e. The first kappa shape index (κ1) is 16.2. The van der Waals surface area contributed by atoms with Crippen molar-refractivity contribution in [1.82, 2.24) is 0 Å². The van der Waals surface area contributed by atoms with E-state index >= 15 is 0 Å². The van der Waals surface area contributed by atoms with Crippen molar-refractivity contribution >= 4 is 0 Å². The highest BCUT2D eigenvalue weighted by Gasteiger charge is 1.94. The molecule has 17 heavy (non-hydrogen) atoms. The molecule has 0 heterocycles. The van der Waals surface area contributed by atoms with Gasteiger partial charge in [-0.15, -0.1) is 0 Å². The highest BCUT2D eigenvalue weighted by Crippen LogP contribution is 2.10. The zero-order chi connectivity index (χ0) is 13.3. The minimum absolute atomic E-state index is 0.935. The summed E-state index contributed by atoms with van der Waals surface area (Å²) >= 11 is 0. The Morgan fingerprint density at radius 2 is 1.53 bits per heavy atom. The van der Waals surface area contributed by atoms with Crippen LogP contribution >= 0.6 is 0 Å². The highest BCUT2D eigenvalue weighted by molar-refractivity contribution is 5.29. The first-order chi connectivity index (χ1) is 8.04. The number of aryl methyl sites for hydroxylation is 3. The van der Waals surface area contributed by atoms with Gasteiger partial charge in [-0.1, -0.05) is 65.2 Å². The Kier molecular flexibility index (Phi) is 8.85. The molecule has 0 unspecified atom stereocenters. The topological polar surface area (TPSA) is 0 Å². The van der Waals surface area contributed by atoms with Crippen LogP contribution in [-0.2, 0) is 6.42 Å². The third kappa shape index (κ3) is 7.20. The van der Waals surface area contributed by atoms with E-state index < -0.39 is 0 Å². The molecule has 0 saturated heterocycles. The van der Waals surface area contributed by atoms with Gasteiger partial charge in [0.25, 0.3) is 0 Å². The Balaban J connectivity index is 0.000000366. The van der Waals surface area contributed by atoms with Gasteiger partial charge in [0.1, 0.15) is 0 Å². The quantitative estimate of drug-likeness (QED) is 0.627. The molecular formula is C17H30. The van der Waals surface area contributed by atoms with Crippen molar-refractivity contribution in [3.63, 3.8) is 0 Å². The average molecular weight is 234 g/mol. The van der Waals surface area contributed by atoms with E-state index in [1.807, 2.05) is 0 Å². The second kappa shape index (κ2) is 9.27. The fraction of sp³-hybridized carbons (Fsp3) is 0.647. The van der Waals surface area contributed by atoms with Crippen LogP contribution in [-0.4, -0.2) is 0 Å². The lowest BCUT2D eigenvalue weighted by Crippen LogP contribution is -1.86. The maximum absolute atomic E-state index is 2.29. The van der Waals surface area contributed by atoms with E-state index in [-0.39, 0.29) is 0 Å². The predicted molar refractivity (Wildman–Crippen MR) is 79.7 cm³/mol. The van der Waals surface area contributed by atoms with E-state index in [4.69, 9.17) is 0 Å². The lowest BCUT2D eigenvalue weighted by molar-refractivity contribution is 0.544. The molecule has 0 aliphatic rings. The van der Waals surface area contributed by atoms with Crippen molar-refractivity contribution in [3.8, 4) is 0 Å². The Hall–Kier alpha value is -0.780. The first-order valence-electron chi connectivity index (χ1n) is 7.11. The minimum atomic E-state index is 0.935. The summed E-state index contributed by atoms with van der Waals surface area (Å²) in [5, 5.41) is 0. The van der Waals surface area contributed by atoms with E-state index in [9.17, 15) is 0 Å². The molecule has 0 fully saturated rings. The van der Waals surface area contributed by atoms with Crippen molar-refractivity contribution < 1.29 is 0 Å². The largest absolute Gasteiger partial charge is 0.0651 e. The molecule has 0 N–H and O–H groups in total. The molecule has 1 aromatic rings. The summed E-state index contributed by atoms with van der Waals surface area (Å²) in [4.78, 5) is 0. The van der Waals surface area contributed by atoms with Crippen LogP contribution in [0.1, 0.15) is 63.6 Å². The molecule has 98 valence electrons. The molecule has 0 spiro atoms. The maximum Gasteiger partial charge on any atom is -0.0281 e. The van der Waals surface area contributed by atoms with Crippen LogP contribution in [0.2, 0.25) is 0 Å². The number of benzene rings is 1. The van der Waals surface area contributed by atoms with Gasteiger partial charge in [-0.25, -0.2) is 0 Å². The molecular weight excluding hydrogens is 204 g/mol. The average Bonchev–Trinajstić information content (AvgIpc) is 2.34. The van der Waals surface area contributed by atoms with Gasteiger partial charge in [-0.2, -0.15) is 0 Å². The van der Waals surface area contributed by atoms with E-state index in [2.05, 4.69) is 59.7 Å². The summed E-state index contributed by atoms with van der Waals surface area (Å²) in [6, 6.07) is 6.73. The van der Waals surface area contributed by atoms with Crippen LogP contribution in [0.3, 0.4) is 0 Å². The Morgan fingerprint density at radius 1 is 0.941 bits per heavy atom. The number of hydrogen-bond acceptors (Lipinski definition) is 0. The standard InChI is InChI=1S/C11H16.C6H14/c1-4-5-11-7-6-9(2)10(3)8-11;1-4-6(3)5-2/h6-8H,4-5H2,1-3H3;6H,4-5H2,1-3H3. The molecule has 0 atom stereocenters. The van der Waals surface area contributed by atoms with Crippen LogP contribution in [0, 0.1) is 19.8 Å². The van der Waals surface area contributed by atoms with Crippen molar-refractivity contribution in [2.24, 2.45) is 5.92 Å². The molecule has 0 amide bonds. The lowest BCUT2D eigenvalue weighted by Gasteiger charge is -2.02. The summed E-state index contributed by atoms with van der Waals surface area (Å²) < 4.78 is 0. The van der Waals surface area contributed by atoms with E-state index in [0.717, 1.165) is 5.92 Å². The zero-order valence-electron chi connectivity index (χ0n) is 12.6. The van der Waals surface area contributed by atoms with Crippen LogP contribution in [0.5, 0.6) is 0 Å². The van der Waals surface area contributed by atoms with Crippen LogP contribution < -0.4 is 0 Å². The maximum atomic E-state index is 2.29. The Bertz CT molecular complexity index is 295. The third-order valence-electron chi connectivity index (χ3n) is 3.50. The monoisotopic (exact) mass is 234 g/mol. The highest BCUT2D eigenvalue weighted by atomic mass is 14.0. The summed E-state index contributed by atoms with van der Waals surface area (Å²) in [6.07, 6.45) is 5.11. The van der Waals surface area contributed by atoms with Crippen molar-refractivity contribution in [2.45, 2.75) is 67.2 Å². The van der Waals surface area contributed by atoms with E-state index in [1.165, 1.54) is 42.4 Å². The Morgan fingerprint density at radius 3 is 1.88 bits per heavy atom. The van der Waals surface area contributed by atoms with Crippen molar-refractivity contribution in [3.05, 3.63) is 34.9 Å². The van der Waals surface area contributed by atoms with Gasteiger partial charge in [-0.05, 0) is 42.9 Å². The van der Waals surface area contributed by atoms with Gasteiger partial charge in [0.15, 0.2) is 0 Å². The molecule has 0 aliphatic heterocycles. The fourth-order valence-corrected chi connectivity index (χ4v) is 1.54. The van der Waals surface area contributed by atoms with Crippen molar-refractivity contribution in [2.75, 3.05) is 0 Å². The number of hydrogen-bond donors (Lipinski definition) is 0. The first-order valence-corrected chi connectivity index (χ1v) is 7.11. The predicted octanol–water partition coefficient (Wildman–Crippen LogP) is 5.70. The van der Waals surface area contributed by atoms with Gasteiger partial charge in [0, 0.05) is 0 Å². The van der Waals surface area contributed by atoms with Gasteiger partial charge in [0.2, 0.25) is 0 Å². The summed E-state index contributed by atoms with van der Waals surface area (Å²) in [5.74, 6) is 0.935. The smallest absolute Gasteiger partial charge is 0.0281 e. The van der Waals surface area contributed by atoms with Crippen molar-refractivity contribution in [1.29, 1.82) is 0 Å². The van der Waals surface area contributed by atoms with Crippen LogP contribution in [0.4, 0.5) is 0 Å². The van der Waals surface area contributed by atoms with Gasteiger partial charge >= 0.3 is 0 Å². The van der Waals surface area contributed by atoms with E-state index in [1.54, 1.807) is 0 Å². The molecule has 1 aromatic carbocycles. The molecule has 0 aliphatic carbocycles. The van der Waals surface area contributed by atoms with E-state index in [0.29, 0.717) is 0 Å². The van der Waals surface area contributed by atoms with Gasteiger partial charge in [0.05, 0.1) is 0 Å². The summed E-state index contributed by atoms with van der Waals surface area (Å²) in [6.45, 7) is 13.3. The fourth-order valence-electron chi connectivity index (χ4n) is 1.54. The molecule has 0 bridgehead atoms. The zero-order valence-corrected chi connectivity index (χ0v) is 12.6. The Labute approximate surface area is 108 Å². The summed E-state index contributed by atoms with van der Waals surface area (Å²) in [7, 11) is 0. The molecule has 0 aromatic heterocycles. The molecule has 0 saturated carbocycles. The van der Waals surface area contributed by atoms with Crippen LogP contribution in [0.15, 0.2) is 18.2 Å². The summed E-state index contributed by atoms with van der Waals surface area (Å²) in [5.41, 5.74) is 4.27. The number of rotatable bonds is 4. The van der Waals surface area contributed by atoms with Crippen LogP contribution in [0.25, 0.3) is 0 Å². The molecule has 0 heteroatoms. The normalized spacial score (nSPS) is 10.1.